The van der Waals surface area contributed by atoms with Crippen LogP contribution in [0.1, 0.15) is 24.1 Å². The molecule has 0 saturated carbocycles. The fourth-order valence-electron chi connectivity index (χ4n) is 1.97. The van der Waals surface area contributed by atoms with Gasteiger partial charge in [-0.15, -0.1) is 0 Å². The minimum absolute atomic E-state index is 0.0630. The number of hydrogen-bond donors (Lipinski definition) is 2. The number of anilines is 1. The standard InChI is InChI=1S/C15H14F3NO/c1-8-3-4-10(13(20)7-8)9(2)19-12-6-5-11(16)14(17)15(12)18/h3-7,9,19-20H,1-2H3. The lowest BCUT2D eigenvalue weighted by Crippen LogP contribution is -2.09. The van der Waals surface area contributed by atoms with Crippen LogP contribution in [0.15, 0.2) is 30.3 Å². The van der Waals surface area contributed by atoms with Gasteiger partial charge in [0, 0.05) is 5.56 Å². The zero-order valence-corrected chi connectivity index (χ0v) is 11.0. The van der Waals surface area contributed by atoms with E-state index in [1.54, 1.807) is 25.1 Å². The van der Waals surface area contributed by atoms with Gasteiger partial charge in [-0.05, 0) is 37.6 Å². The van der Waals surface area contributed by atoms with Crippen LogP contribution in [0.3, 0.4) is 0 Å². The van der Waals surface area contributed by atoms with Gasteiger partial charge < -0.3 is 10.4 Å². The molecular formula is C15H14F3NO. The van der Waals surface area contributed by atoms with Gasteiger partial charge in [-0.25, -0.2) is 13.2 Å². The minimum Gasteiger partial charge on any atom is -0.508 e. The number of nitrogens with one attached hydrogen (secondary N) is 1. The monoisotopic (exact) mass is 281 g/mol. The van der Waals surface area contributed by atoms with E-state index in [9.17, 15) is 18.3 Å². The molecule has 20 heavy (non-hydrogen) atoms. The Labute approximate surface area is 114 Å². The number of benzene rings is 2. The van der Waals surface area contributed by atoms with Crippen LogP contribution < -0.4 is 5.32 Å². The molecule has 0 aliphatic heterocycles. The maximum atomic E-state index is 13.6. The van der Waals surface area contributed by atoms with Crippen molar-refractivity contribution in [3.63, 3.8) is 0 Å². The Balaban J connectivity index is 2.28. The summed E-state index contributed by atoms with van der Waals surface area (Å²) in [5.41, 5.74) is 1.27. The fourth-order valence-corrected chi connectivity index (χ4v) is 1.97. The van der Waals surface area contributed by atoms with E-state index in [4.69, 9.17) is 0 Å². The summed E-state index contributed by atoms with van der Waals surface area (Å²) in [6, 6.07) is 6.58. The first-order chi connectivity index (χ1) is 9.40. The predicted molar refractivity (Wildman–Crippen MR) is 71.2 cm³/mol. The van der Waals surface area contributed by atoms with Crippen molar-refractivity contribution in [3.05, 3.63) is 58.9 Å². The van der Waals surface area contributed by atoms with Crippen LogP contribution >= 0.6 is 0 Å². The quantitative estimate of drug-likeness (QED) is 0.822. The summed E-state index contributed by atoms with van der Waals surface area (Å²) >= 11 is 0. The Bertz CT molecular complexity index is 643. The number of phenols is 1. The lowest BCUT2D eigenvalue weighted by atomic mass is 10.0. The Morgan fingerprint density at radius 3 is 2.40 bits per heavy atom. The molecule has 0 saturated heterocycles. The first-order valence-corrected chi connectivity index (χ1v) is 6.09. The van der Waals surface area contributed by atoms with Crippen molar-refractivity contribution in [1.82, 2.24) is 0 Å². The maximum Gasteiger partial charge on any atom is 0.196 e. The summed E-state index contributed by atoms with van der Waals surface area (Å²) in [5, 5.41) is 12.6. The topological polar surface area (TPSA) is 32.3 Å². The zero-order valence-electron chi connectivity index (χ0n) is 11.0. The van der Waals surface area contributed by atoms with Crippen LogP contribution in [-0.4, -0.2) is 5.11 Å². The molecule has 5 heteroatoms. The lowest BCUT2D eigenvalue weighted by Gasteiger charge is -2.18. The highest BCUT2D eigenvalue weighted by Gasteiger charge is 2.16. The molecule has 0 aromatic heterocycles. The highest BCUT2D eigenvalue weighted by molar-refractivity contribution is 5.49. The summed E-state index contributed by atoms with van der Waals surface area (Å²) in [6.07, 6.45) is 0. The molecular weight excluding hydrogens is 267 g/mol. The number of aromatic hydroxyl groups is 1. The van der Waals surface area contributed by atoms with Gasteiger partial charge in [0.25, 0.3) is 0 Å². The largest absolute Gasteiger partial charge is 0.508 e. The van der Waals surface area contributed by atoms with Crippen LogP contribution in [0.25, 0.3) is 0 Å². The van der Waals surface area contributed by atoms with E-state index < -0.39 is 23.5 Å². The molecule has 2 nitrogen and oxygen atoms in total. The SMILES string of the molecule is Cc1ccc(C(C)Nc2ccc(F)c(F)c2F)c(O)c1. The lowest BCUT2D eigenvalue weighted by molar-refractivity contribution is 0.447. The molecule has 2 rings (SSSR count). The summed E-state index contributed by atoms with van der Waals surface area (Å²) in [5.74, 6) is -3.97. The normalized spacial score (nSPS) is 12.2. The molecule has 0 radical (unpaired) electrons. The van der Waals surface area contributed by atoms with Crippen molar-refractivity contribution >= 4 is 5.69 Å². The van der Waals surface area contributed by atoms with E-state index >= 15 is 0 Å². The molecule has 2 aromatic carbocycles. The Hall–Kier alpha value is -2.17. The number of phenolic OH excluding ortho intramolecular Hbond substituents is 1. The molecule has 0 spiro atoms. The average molecular weight is 281 g/mol. The molecule has 106 valence electrons. The van der Waals surface area contributed by atoms with Crippen molar-refractivity contribution < 1.29 is 18.3 Å². The number of aryl methyl sites for hydroxylation is 1. The predicted octanol–water partition coefficient (Wildman–Crippen LogP) is 4.29. The molecule has 0 bridgehead atoms. The average Bonchev–Trinajstić information content (AvgIpc) is 2.39. The molecule has 0 aliphatic carbocycles. The van der Waals surface area contributed by atoms with Crippen molar-refractivity contribution in [1.29, 1.82) is 0 Å². The molecule has 0 aliphatic rings. The molecule has 0 heterocycles. The van der Waals surface area contributed by atoms with Gasteiger partial charge in [0.1, 0.15) is 5.75 Å². The van der Waals surface area contributed by atoms with Crippen molar-refractivity contribution in [2.24, 2.45) is 0 Å². The van der Waals surface area contributed by atoms with Crippen LogP contribution in [0.4, 0.5) is 18.9 Å². The number of hydrogen-bond acceptors (Lipinski definition) is 2. The summed E-state index contributed by atoms with van der Waals surface area (Å²) in [7, 11) is 0. The van der Waals surface area contributed by atoms with E-state index in [1.165, 1.54) is 0 Å². The molecule has 2 N–H and O–H groups in total. The van der Waals surface area contributed by atoms with Gasteiger partial charge in [-0.2, -0.15) is 0 Å². The van der Waals surface area contributed by atoms with Gasteiger partial charge in [-0.3, -0.25) is 0 Å². The number of halogens is 3. The van der Waals surface area contributed by atoms with E-state index in [0.29, 0.717) is 5.56 Å². The Kier molecular flexibility index (Phi) is 3.88. The highest BCUT2D eigenvalue weighted by atomic mass is 19.2. The van der Waals surface area contributed by atoms with Gasteiger partial charge >= 0.3 is 0 Å². The summed E-state index contributed by atoms with van der Waals surface area (Å²) in [6.45, 7) is 3.52. The van der Waals surface area contributed by atoms with Crippen molar-refractivity contribution in [3.8, 4) is 5.75 Å². The third-order valence-electron chi connectivity index (χ3n) is 3.06. The minimum atomic E-state index is -1.52. The molecule has 0 amide bonds. The smallest absolute Gasteiger partial charge is 0.196 e. The van der Waals surface area contributed by atoms with Gasteiger partial charge in [0.15, 0.2) is 17.5 Å². The fraction of sp³-hybridized carbons (Fsp3) is 0.200. The summed E-state index contributed by atoms with van der Waals surface area (Å²) in [4.78, 5) is 0. The zero-order chi connectivity index (χ0) is 14.9. The van der Waals surface area contributed by atoms with Crippen LogP contribution in [0, 0.1) is 24.4 Å². The Morgan fingerprint density at radius 2 is 1.75 bits per heavy atom. The van der Waals surface area contributed by atoms with Crippen molar-refractivity contribution in [2.75, 3.05) is 5.32 Å². The third kappa shape index (κ3) is 2.71. The van der Waals surface area contributed by atoms with E-state index in [2.05, 4.69) is 5.32 Å². The van der Waals surface area contributed by atoms with E-state index in [1.807, 2.05) is 6.92 Å². The van der Waals surface area contributed by atoms with Gasteiger partial charge in [0.2, 0.25) is 0 Å². The summed E-state index contributed by atoms with van der Waals surface area (Å²) < 4.78 is 39.5. The molecule has 1 atom stereocenters. The number of rotatable bonds is 3. The van der Waals surface area contributed by atoms with E-state index in [0.717, 1.165) is 17.7 Å². The molecule has 1 unspecified atom stereocenters. The van der Waals surface area contributed by atoms with Gasteiger partial charge in [0.05, 0.1) is 11.7 Å². The van der Waals surface area contributed by atoms with E-state index in [-0.39, 0.29) is 11.4 Å². The first-order valence-electron chi connectivity index (χ1n) is 6.09. The van der Waals surface area contributed by atoms with Crippen molar-refractivity contribution in [2.45, 2.75) is 19.9 Å². The first kappa shape index (κ1) is 14.2. The third-order valence-corrected chi connectivity index (χ3v) is 3.06. The van der Waals surface area contributed by atoms with Gasteiger partial charge in [-0.1, -0.05) is 12.1 Å². The molecule has 2 aromatic rings. The maximum absolute atomic E-state index is 13.6. The second kappa shape index (κ2) is 5.45. The Morgan fingerprint density at radius 1 is 1.05 bits per heavy atom. The van der Waals surface area contributed by atoms with Crippen LogP contribution in [-0.2, 0) is 0 Å². The second-order valence-electron chi connectivity index (χ2n) is 4.65. The highest BCUT2D eigenvalue weighted by Crippen LogP contribution is 2.29. The second-order valence-corrected chi connectivity index (χ2v) is 4.65. The molecule has 0 fully saturated rings. The van der Waals surface area contributed by atoms with Crippen LogP contribution in [0.2, 0.25) is 0 Å². The van der Waals surface area contributed by atoms with Crippen LogP contribution in [0.5, 0.6) is 5.75 Å².